The molecule has 1 aromatic heterocycles. The van der Waals surface area contributed by atoms with Gasteiger partial charge >= 0.3 is 10.8 Å². The molecule has 1 aromatic rings. The van der Waals surface area contributed by atoms with Crippen LogP contribution in [0.1, 0.15) is 39.0 Å². The van der Waals surface area contributed by atoms with Gasteiger partial charge in [0.1, 0.15) is 6.04 Å². The van der Waals surface area contributed by atoms with Crippen LogP contribution in [0.2, 0.25) is 0 Å². The second-order valence-corrected chi connectivity index (χ2v) is 11.9. The van der Waals surface area contributed by atoms with Gasteiger partial charge < -0.3 is 10.1 Å². The molecule has 3 fully saturated rings. The second kappa shape index (κ2) is 5.97. The Kier molecular flexibility index (Phi) is 3.98. The van der Waals surface area contributed by atoms with E-state index in [-0.39, 0.29) is 51.0 Å². The Bertz CT molecular complexity index is 995. The number of amides is 2. The first kappa shape index (κ1) is 19.4. The zero-order chi connectivity index (χ0) is 21.0. The summed E-state index contributed by atoms with van der Waals surface area (Å²) in [5.41, 5.74) is -0.263. The van der Waals surface area contributed by atoms with Gasteiger partial charge in [-0.2, -0.15) is 0 Å². The SMILES string of the molecule is CC(C)[C@H](C(=O)O)N1C(=O)[C@@H]2[C@H]3C[C@@H]([C@H]2C1=O)[C@@H]1[C@H]3Sc2[nH]c(=O)sc2C1(C)C. The van der Waals surface area contributed by atoms with Gasteiger partial charge in [-0.25, -0.2) is 4.79 Å². The van der Waals surface area contributed by atoms with E-state index in [1.165, 1.54) is 11.3 Å². The molecule has 5 rings (SSSR count). The van der Waals surface area contributed by atoms with Gasteiger partial charge in [0.15, 0.2) is 0 Å². The number of carboxylic acid groups (broad SMARTS) is 1. The maximum Gasteiger partial charge on any atom is 0.327 e. The zero-order valence-corrected chi connectivity index (χ0v) is 18.3. The van der Waals surface area contributed by atoms with Crippen molar-refractivity contribution in [1.82, 2.24) is 9.88 Å². The lowest BCUT2D eigenvalue weighted by atomic mass is 9.64. The van der Waals surface area contributed by atoms with Gasteiger partial charge in [-0.3, -0.25) is 19.3 Å². The molecule has 1 saturated heterocycles. The van der Waals surface area contributed by atoms with Crippen LogP contribution >= 0.6 is 23.1 Å². The van der Waals surface area contributed by atoms with Gasteiger partial charge in [0, 0.05) is 15.5 Å². The number of thioether (sulfide) groups is 1. The van der Waals surface area contributed by atoms with Crippen molar-refractivity contribution in [3.05, 3.63) is 14.5 Å². The van der Waals surface area contributed by atoms with Crippen LogP contribution in [0, 0.1) is 35.5 Å². The van der Waals surface area contributed by atoms with Crippen LogP contribution in [0.25, 0.3) is 0 Å². The number of thiazole rings is 1. The molecule has 2 aliphatic carbocycles. The molecule has 4 aliphatic rings. The van der Waals surface area contributed by atoms with Crippen molar-refractivity contribution in [1.29, 1.82) is 0 Å². The van der Waals surface area contributed by atoms with E-state index in [2.05, 4.69) is 18.8 Å². The number of likely N-dealkylation sites (tertiary alicyclic amines) is 1. The Labute approximate surface area is 176 Å². The van der Waals surface area contributed by atoms with Gasteiger partial charge in [-0.1, -0.05) is 39.0 Å². The number of nitrogens with one attached hydrogen (secondary N) is 1. The van der Waals surface area contributed by atoms with E-state index in [1.54, 1.807) is 25.6 Å². The molecular weight excluding hydrogens is 412 g/mol. The number of carboxylic acids is 1. The van der Waals surface area contributed by atoms with Gasteiger partial charge in [0.2, 0.25) is 11.8 Å². The number of carbonyl (C=O) groups is 3. The van der Waals surface area contributed by atoms with Crippen LogP contribution in [-0.4, -0.2) is 44.1 Å². The molecule has 0 aromatic carbocycles. The molecule has 29 heavy (non-hydrogen) atoms. The molecule has 2 N–H and O–H groups in total. The summed E-state index contributed by atoms with van der Waals surface area (Å²) >= 11 is 2.89. The van der Waals surface area contributed by atoms with Crippen LogP contribution < -0.4 is 4.87 Å². The number of aromatic amines is 1. The Morgan fingerprint density at radius 1 is 1.17 bits per heavy atom. The summed E-state index contributed by atoms with van der Waals surface area (Å²) in [6, 6.07) is -1.11. The largest absolute Gasteiger partial charge is 0.480 e. The Morgan fingerprint density at radius 3 is 2.38 bits per heavy atom. The van der Waals surface area contributed by atoms with E-state index in [0.29, 0.717) is 0 Å². The Balaban J connectivity index is 1.56. The standard InChI is InChI=1S/C20H24N2O5S2/c1-6(2)12(18(25)26)22-16(23)9-7-5-8(10(9)17(22)24)13-11(7)20(3,4)14-15(28-13)21-19(27)29-14/h6-13H,5H2,1-4H3,(H,21,27)(H,25,26)/t7-,8+,9+,10+,11+,12+,13-/m0/s1. The van der Waals surface area contributed by atoms with Gasteiger partial charge in [-0.15, -0.1) is 11.8 Å². The summed E-state index contributed by atoms with van der Waals surface area (Å²) in [7, 11) is 0. The number of nitrogens with zero attached hydrogens (tertiary/aromatic N) is 1. The summed E-state index contributed by atoms with van der Waals surface area (Å²) in [5, 5.41) is 10.7. The summed E-state index contributed by atoms with van der Waals surface area (Å²) in [6.07, 6.45) is 0.824. The van der Waals surface area contributed by atoms with Crippen molar-refractivity contribution in [2.24, 2.45) is 35.5 Å². The molecule has 2 amide bonds. The van der Waals surface area contributed by atoms with Crippen molar-refractivity contribution in [3.63, 3.8) is 0 Å². The lowest BCUT2D eigenvalue weighted by Gasteiger charge is -2.47. The molecule has 2 aliphatic heterocycles. The zero-order valence-electron chi connectivity index (χ0n) is 16.7. The molecule has 2 saturated carbocycles. The fourth-order valence-electron chi connectivity index (χ4n) is 6.64. The molecule has 7 atom stereocenters. The van der Waals surface area contributed by atoms with Gasteiger partial charge in [0.05, 0.1) is 16.9 Å². The minimum Gasteiger partial charge on any atom is -0.480 e. The first-order chi connectivity index (χ1) is 13.6. The van der Waals surface area contributed by atoms with Crippen LogP contribution in [0.15, 0.2) is 9.82 Å². The van der Waals surface area contributed by atoms with Crippen LogP contribution in [0.5, 0.6) is 0 Å². The monoisotopic (exact) mass is 436 g/mol. The number of hydrogen-bond donors (Lipinski definition) is 2. The molecule has 2 bridgehead atoms. The highest BCUT2D eigenvalue weighted by Gasteiger charge is 2.71. The molecule has 0 spiro atoms. The average Bonchev–Trinajstić information content (AvgIpc) is 3.32. The van der Waals surface area contributed by atoms with E-state index in [1.807, 2.05) is 0 Å². The molecule has 9 heteroatoms. The number of aliphatic carboxylic acids is 1. The lowest BCUT2D eigenvalue weighted by molar-refractivity contribution is -0.157. The molecule has 0 radical (unpaired) electrons. The maximum absolute atomic E-state index is 13.4. The highest BCUT2D eigenvalue weighted by atomic mass is 32.2. The van der Waals surface area contributed by atoms with E-state index in [0.717, 1.165) is 21.2 Å². The van der Waals surface area contributed by atoms with Crippen LogP contribution in [0.4, 0.5) is 0 Å². The third-order valence-electron chi connectivity index (χ3n) is 7.59. The molecule has 7 nitrogen and oxygen atoms in total. The first-order valence-electron chi connectivity index (χ1n) is 10.1. The maximum atomic E-state index is 13.4. The smallest absolute Gasteiger partial charge is 0.327 e. The fraction of sp³-hybridized carbons (Fsp3) is 0.700. The number of carbonyl (C=O) groups excluding carboxylic acids is 2. The predicted molar refractivity (Wildman–Crippen MR) is 108 cm³/mol. The number of aromatic nitrogens is 1. The number of fused-ring (bicyclic) bond motifs is 9. The molecule has 0 unspecified atom stereocenters. The lowest BCUT2D eigenvalue weighted by Crippen LogP contribution is -2.49. The third-order valence-corrected chi connectivity index (χ3v) is 10.4. The minimum absolute atomic E-state index is 0.0406. The Morgan fingerprint density at radius 2 is 1.79 bits per heavy atom. The van der Waals surface area contributed by atoms with E-state index in [4.69, 9.17) is 0 Å². The van der Waals surface area contributed by atoms with E-state index >= 15 is 0 Å². The van der Waals surface area contributed by atoms with Crippen molar-refractivity contribution in [2.45, 2.75) is 55.8 Å². The van der Waals surface area contributed by atoms with Crippen molar-refractivity contribution in [2.75, 3.05) is 0 Å². The molecular formula is C20H24N2O5S2. The third kappa shape index (κ3) is 2.31. The van der Waals surface area contributed by atoms with Crippen LogP contribution in [0.3, 0.4) is 0 Å². The number of hydrogen-bond acceptors (Lipinski definition) is 6. The van der Waals surface area contributed by atoms with Crippen LogP contribution in [-0.2, 0) is 19.8 Å². The number of imide groups is 1. The quantitative estimate of drug-likeness (QED) is 0.703. The van der Waals surface area contributed by atoms with Crippen molar-refractivity contribution < 1.29 is 19.5 Å². The molecule has 3 heterocycles. The fourth-order valence-corrected chi connectivity index (χ4v) is 9.80. The summed E-state index contributed by atoms with van der Waals surface area (Å²) in [6.45, 7) is 7.73. The normalized spacial score (nSPS) is 37.6. The van der Waals surface area contributed by atoms with Gasteiger partial charge in [-0.05, 0) is 30.1 Å². The summed E-state index contributed by atoms with van der Waals surface area (Å²) in [4.78, 5) is 55.4. The summed E-state index contributed by atoms with van der Waals surface area (Å²) < 4.78 is 0. The highest BCUT2D eigenvalue weighted by Crippen LogP contribution is 2.69. The minimum atomic E-state index is -1.12. The van der Waals surface area contributed by atoms with E-state index in [9.17, 15) is 24.3 Å². The topological polar surface area (TPSA) is 108 Å². The van der Waals surface area contributed by atoms with Gasteiger partial charge in [0.25, 0.3) is 0 Å². The Hall–Kier alpha value is -1.61. The van der Waals surface area contributed by atoms with E-state index < -0.39 is 23.8 Å². The number of H-pyrrole nitrogens is 1. The second-order valence-electron chi connectivity index (χ2n) is 9.69. The van der Waals surface area contributed by atoms with Crippen molar-refractivity contribution >= 4 is 40.9 Å². The highest BCUT2D eigenvalue weighted by molar-refractivity contribution is 8.00. The number of rotatable bonds is 3. The predicted octanol–water partition coefficient (Wildman–Crippen LogP) is 2.16. The first-order valence-corrected chi connectivity index (χ1v) is 11.7. The molecule has 156 valence electrons. The summed E-state index contributed by atoms with van der Waals surface area (Å²) in [5.74, 6) is -2.66. The van der Waals surface area contributed by atoms with Crippen molar-refractivity contribution in [3.8, 4) is 0 Å². The average molecular weight is 437 g/mol.